The summed E-state index contributed by atoms with van der Waals surface area (Å²) in [7, 11) is 0. The first-order valence-electron chi connectivity index (χ1n) is 11.2. The zero-order valence-corrected chi connectivity index (χ0v) is 17.6. The summed E-state index contributed by atoms with van der Waals surface area (Å²) >= 11 is 0. The highest BCUT2D eigenvalue weighted by Gasteiger charge is 2.27. The van der Waals surface area contributed by atoms with Gasteiger partial charge in [0.25, 0.3) is 0 Å². The number of rotatable bonds is 10. The molecule has 0 bridgehead atoms. The standard InChI is InChI=1S/C24H39NO2/c1-4-5-12-26-13-14-27-24-11-9-20-15-19(6-7-22(20)17-24)21-8-10-23(16-21)25-18(2)3/h6-7,15,18,21,23-25H,4-5,8-14,16-17H2,1-3H3/t21?,23-,24?/m1/s1. The van der Waals surface area contributed by atoms with Crippen molar-refractivity contribution in [2.24, 2.45) is 0 Å². The molecule has 152 valence electrons. The van der Waals surface area contributed by atoms with Gasteiger partial charge in [-0.05, 0) is 67.6 Å². The number of nitrogens with one attached hydrogen (secondary N) is 1. The van der Waals surface area contributed by atoms with Crippen molar-refractivity contribution in [2.45, 2.75) is 96.2 Å². The summed E-state index contributed by atoms with van der Waals surface area (Å²) in [6.07, 6.45) is 10.0. The van der Waals surface area contributed by atoms with E-state index in [0.29, 0.717) is 18.2 Å². The maximum atomic E-state index is 6.07. The Kier molecular flexibility index (Phi) is 8.17. The predicted octanol–water partition coefficient (Wildman–Crippen LogP) is 5.01. The van der Waals surface area contributed by atoms with Crippen LogP contribution >= 0.6 is 0 Å². The van der Waals surface area contributed by atoms with Gasteiger partial charge < -0.3 is 14.8 Å². The quantitative estimate of drug-likeness (QED) is 0.585. The molecule has 0 amide bonds. The molecule has 0 radical (unpaired) electrons. The SMILES string of the molecule is CCCCOCCOC1CCc2cc(C3CC[C@@H](NC(C)C)C3)ccc2C1. The fourth-order valence-electron chi connectivity index (χ4n) is 4.67. The molecule has 1 aromatic carbocycles. The summed E-state index contributed by atoms with van der Waals surface area (Å²) in [6, 6.07) is 8.55. The maximum Gasteiger partial charge on any atom is 0.0704 e. The first-order valence-corrected chi connectivity index (χ1v) is 11.2. The Labute approximate surface area is 166 Å². The molecule has 0 spiro atoms. The van der Waals surface area contributed by atoms with Gasteiger partial charge in [-0.3, -0.25) is 0 Å². The number of hydrogen-bond acceptors (Lipinski definition) is 3. The van der Waals surface area contributed by atoms with Crippen molar-refractivity contribution in [1.29, 1.82) is 0 Å². The van der Waals surface area contributed by atoms with Gasteiger partial charge in [0.2, 0.25) is 0 Å². The molecule has 0 saturated heterocycles. The summed E-state index contributed by atoms with van der Waals surface area (Å²) in [5, 5.41) is 3.72. The van der Waals surface area contributed by atoms with E-state index in [1.165, 1.54) is 31.2 Å². The molecule has 0 heterocycles. The normalized spacial score (nSPS) is 25.1. The van der Waals surface area contributed by atoms with Crippen LogP contribution in [0.25, 0.3) is 0 Å². The third kappa shape index (κ3) is 6.30. The van der Waals surface area contributed by atoms with E-state index in [2.05, 4.69) is 44.3 Å². The molecule has 3 nitrogen and oxygen atoms in total. The molecule has 2 unspecified atom stereocenters. The topological polar surface area (TPSA) is 30.5 Å². The third-order valence-electron chi connectivity index (χ3n) is 6.11. The van der Waals surface area contributed by atoms with Gasteiger partial charge in [-0.25, -0.2) is 0 Å². The smallest absolute Gasteiger partial charge is 0.0704 e. The maximum absolute atomic E-state index is 6.07. The van der Waals surface area contributed by atoms with Gasteiger partial charge in [0.1, 0.15) is 0 Å². The Bertz CT molecular complexity index is 571. The average molecular weight is 374 g/mol. The molecule has 27 heavy (non-hydrogen) atoms. The lowest BCUT2D eigenvalue weighted by atomic mass is 9.86. The molecule has 2 aliphatic carbocycles. The highest BCUT2D eigenvalue weighted by Crippen LogP contribution is 2.36. The Balaban J connectivity index is 1.45. The number of benzene rings is 1. The van der Waals surface area contributed by atoms with Crippen molar-refractivity contribution in [1.82, 2.24) is 5.32 Å². The van der Waals surface area contributed by atoms with Crippen LogP contribution in [0.2, 0.25) is 0 Å². The van der Waals surface area contributed by atoms with Crippen molar-refractivity contribution in [3.8, 4) is 0 Å². The van der Waals surface area contributed by atoms with E-state index in [1.807, 2.05) is 0 Å². The highest BCUT2D eigenvalue weighted by atomic mass is 16.5. The minimum Gasteiger partial charge on any atom is -0.379 e. The molecule has 2 aliphatic rings. The summed E-state index contributed by atoms with van der Waals surface area (Å²) in [6.45, 7) is 9.02. The lowest BCUT2D eigenvalue weighted by Crippen LogP contribution is -2.32. The van der Waals surface area contributed by atoms with E-state index >= 15 is 0 Å². The lowest BCUT2D eigenvalue weighted by Gasteiger charge is -2.26. The van der Waals surface area contributed by atoms with E-state index in [1.54, 1.807) is 11.1 Å². The van der Waals surface area contributed by atoms with E-state index in [4.69, 9.17) is 9.47 Å². The summed E-state index contributed by atoms with van der Waals surface area (Å²) in [5.74, 6) is 0.737. The molecule has 3 heteroatoms. The Morgan fingerprint density at radius 2 is 1.96 bits per heavy atom. The monoisotopic (exact) mass is 373 g/mol. The molecule has 3 atom stereocenters. The van der Waals surface area contributed by atoms with Gasteiger partial charge in [0, 0.05) is 18.7 Å². The van der Waals surface area contributed by atoms with Crippen LogP contribution in [0.4, 0.5) is 0 Å². The van der Waals surface area contributed by atoms with E-state index in [9.17, 15) is 0 Å². The van der Waals surface area contributed by atoms with Crippen LogP contribution in [0, 0.1) is 0 Å². The second-order valence-corrected chi connectivity index (χ2v) is 8.76. The van der Waals surface area contributed by atoms with Crippen LogP contribution in [0.3, 0.4) is 0 Å². The van der Waals surface area contributed by atoms with Gasteiger partial charge in [-0.1, -0.05) is 45.4 Å². The number of fused-ring (bicyclic) bond motifs is 1. The Morgan fingerprint density at radius 3 is 2.78 bits per heavy atom. The van der Waals surface area contributed by atoms with E-state index in [0.717, 1.165) is 51.4 Å². The van der Waals surface area contributed by atoms with Crippen LogP contribution in [0.15, 0.2) is 18.2 Å². The van der Waals surface area contributed by atoms with Crippen molar-refractivity contribution in [3.05, 3.63) is 34.9 Å². The predicted molar refractivity (Wildman–Crippen MR) is 113 cm³/mol. The first-order chi connectivity index (χ1) is 13.2. The van der Waals surface area contributed by atoms with Crippen LogP contribution in [-0.2, 0) is 22.3 Å². The summed E-state index contributed by atoms with van der Waals surface area (Å²) in [4.78, 5) is 0. The lowest BCUT2D eigenvalue weighted by molar-refractivity contribution is -0.000913. The third-order valence-corrected chi connectivity index (χ3v) is 6.11. The van der Waals surface area contributed by atoms with Crippen molar-refractivity contribution in [3.63, 3.8) is 0 Å². The van der Waals surface area contributed by atoms with Gasteiger partial charge in [-0.15, -0.1) is 0 Å². The number of unbranched alkanes of at least 4 members (excludes halogenated alkanes) is 1. The minimum atomic E-state index is 0.365. The molecule has 1 fully saturated rings. The van der Waals surface area contributed by atoms with Gasteiger partial charge in [0.05, 0.1) is 19.3 Å². The summed E-state index contributed by atoms with van der Waals surface area (Å²) in [5.41, 5.74) is 4.62. The largest absolute Gasteiger partial charge is 0.379 e. The molecule has 0 aromatic heterocycles. The molecular weight excluding hydrogens is 334 g/mol. The Morgan fingerprint density at radius 1 is 1.07 bits per heavy atom. The molecule has 3 rings (SSSR count). The van der Waals surface area contributed by atoms with Crippen molar-refractivity contribution in [2.75, 3.05) is 19.8 Å². The second-order valence-electron chi connectivity index (χ2n) is 8.76. The van der Waals surface area contributed by atoms with E-state index < -0.39 is 0 Å². The first kappa shape index (κ1) is 20.8. The number of hydrogen-bond donors (Lipinski definition) is 1. The molecule has 0 aliphatic heterocycles. The van der Waals surface area contributed by atoms with E-state index in [-0.39, 0.29) is 0 Å². The number of aryl methyl sites for hydroxylation is 1. The molecular formula is C24H39NO2. The van der Waals surface area contributed by atoms with Crippen molar-refractivity contribution >= 4 is 0 Å². The van der Waals surface area contributed by atoms with Gasteiger partial charge in [0.15, 0.2) is 0 Å². The Hall–Kier alpha value is -0.900. The minimum absolute atomic E-state index is 0.365. The average Bonchev–Trinajstić information content (AvgIpc) is 3.12. The fraction of sp³-hybridized carbons (Fsp3) is 0.750. The van der Waals surface area contributed by atoms with Crippen LogP contribution in [0.5, 0.6) is 0 Å². The molecule has 1 N–H and O–H groups in total. The number of ether oxygens (including phenoxy) is 2. The van der Waals surface area contributed by atoms with Crippen LogP contribution < -0.4 is 5.32 Å². The zero-order chi connectivity index (χ0) is 19.1. The highest BCUT2D eigenvalue weighted by molar-refractivity contribution is 5.36. The second kappa shape index (κ2) is 10.6. The van der Waals surface area contributed by atoms with Crippen LogP contribution in [0.1, 0.15) is 81.9 Å². The fourth-order valence-corrected chi connectivity index (χ4v) is 4.67. The van der Waals surface area contributed by atoms with Gasteiger partial charge >= 0.3 is 0 Å². The zero-order valence-electron chi connectivity index (χ0n) is 17.6. The van der Waals surface area contributed by atoms with Crippen LogP contribution in [-0.4, -0.2) is 38.0 Å². The molecule has 1 aromatic rings. The van der Waals surface area contributed by atoms with Crippen molar-refractivity contribution < 1.29 is 9.47 Å². The summed E-state index contributed by atoms with van der Waals surface area (Å²) < 4.78 is 11.7. The van der Waals surface area contributed by atoms with Gasteiger partial charge in [-0.2, -0.15) is 0 Å². The molecule has 1 saturated carbocycles.